The number of hydrogen-bond acceptors (Lipinski definition) is 5. The molecular formula is C26H24F2N4O. The van der Waals surface area contributed by atoms with Gasteiger partial charge in [0.25, 0.3) is 0 Å². The Morgan fingerprint density at radius 1 is 0.970 bits per heavy atom. The molecule has 1 fully saturated rings. The predicted molar refractivity (Wildman–Crippen MR) is 122 cm³/mol. The Bertz CT molecular complexity index is 1360. The Morgan fingerprint density at radius 2 is 1.82 bits per heavy atom. The summed E-state index contributed by atoms with van der Waals surface area (Å²) in [4.78, 5) is 18.5. The average Bonchev–Trinajstić information content (AvgIpc) is 2.80. The molecule has 7 heteroatoms. The summed E-state index contributed by atoms with van der Waals surface area (Å²) in [5.74, 6) is -0.653. The van der Waals surface area contributed by atoms with Crippen molar-refractivity contribution in [2.24, 2.45) is 0 Å². The first-order valence-corrected chi connectivity index (χ1v) is 11.0. The third kappa shape index (κ3) is 4.20. The van der Waals surface area contributed by atoms with Gasteiger partial charge in [-0.2, -0.15) is 0 Å². The molecule has 0 saturated carbocycles. The van der Waals surface area contributed by atoms with E-state index in [2.05, 4.69) is 9.97 Å². The van der Waals surface area contributed by atoms with Crippen LogP contribution in [0.15, 0.2) is 42.6 Å². The maximum Gasteiger partial charge on any atom is 0.163 e. The first-order valence-electron chi connectivity index (χ1n) is 11.0. The van der Waals surface area contributed by atoms with E-state index in [0.29, 0.717) is 35.6 Å². The summed E-state index contributed by atoms with van der Waals surface area (Å²) < 4.78 is 34.4. The van der Waals surface area contributed by atoms with Gasteiger partial charge in [0.2, 0.25) is 0 Å². The molecule has 4 aromatic rings. The van der Waals surface area contributed by atoms with Crippen LogP contribution in [0.5, 0.6) is 0 Å². The summed E-state index contributed by atoms with van der Waals surface area (Å²) in [6.45, 7) is 6.39. The molecule has 0 aliphatic carbocycles. The van der Waals surface area contributed by atoms with E-state index in [1.165, 1.54) is 12.1 Å². The number of ether oxygens (including phenoxy) is 1. The second kappa shape index (κ2) is 8.56. The van der Waals surface area contributed by atoms with Crippen molar-refractivity contribution in [3.8, 4) is 11.3 Å². The number of nitrogens with zero attached hydrogens (tertiary/aromatic N) is 4. The zero-order valence-corrected chi connectivity index (χ0v) is 18.8. The lowest BCUT2D eigenvalue weighted by atomic mass is 9.91. The summed E-state index contributed by atoms with van der Waals surface area (Å²) in [5, 5.41) is 0.653. The van der Waals surface area contributed by atoms with Crippen LogP contribution >= 0.6 is 0 Å². The number of aromatic nitrogens is 4. The zero-order valence-electron chi connectivity index (χ0n) is 18.8. The molecule has 168 valence electrons. The van der Waals surface area contributed by atoms with Crippen LogP contribution in [-0.2, 0) is 4.74 Å². The highest BCUT2D eigenvalue weighted by molar-refractivity contribution is 5.91. The quantitative estimate of drug-likeness (QED) is 0.391. The van der Waals surface area contributed by atoms with Crippen molar-refractivity contribution in [2.75, 3.05) is 6.61 Å². The van der Waals surface area contributed by atoms with Crippen molar-refractivity contribution in [3.63, 3.8) is 0 Å². The van der Waals surface area contributed by atoms with E-state index in [1.54, 1.807) is 6.20 Å². The first-order chi connectivity index (χ1) is 15.9. The molecule has 1 aliphatic rings. The van der Waals surface area contributed by atoms with Crippen LogP contribution in [0.25, 0.3) is 22.3 Å². The van der Waals surface area contributed by atoms with E-state index in [0.717, 1.165) is 35.0 Å². The minimum absolute atomic E-state index is 0.0206. The Morgan fingerprint density at radius 3 is 2.61 bits per heavy atom. The fraction of sp³-hybridized carbons (Fsp3) is 0.308. The summed E-state index contributed by atoms with van der Waals surface area (Å²) in [7, 11) is 0. The van der Waals surface area contributed by atoms with Crippen molar-refractivity contribution in [3.05, 3.63) is 82.6 Å². The van der Waals surface area contributed by atoms with Gasteiger partial charge in [0.15, 0.2) is 5.65 Å². The lowest BCUT2D eigenvalue weighted by Crippen LogP contribution is -2.21. The second-order valence-corrected chi connectivity index (χ2v) is 8.63. The molecule has 1 aromatic carbocycles. The molecule has 0 bridgehead atoms. The zero-order chi connectivity index (χ0) is 23.1. The van der Waals surface area contributed by atoms with Gasteiger partial charge in [0.1, 0.15) is 17.5 Å². The van der Waals surface area contributed by atoms with Crippen molar-refractivity contribution in [1.29, 1.82) is 0 Å². The van der Waals surface area contributed by atoms with Crippen LogP contribution in [0.3, 0.4) is 0 Å². The number of benzene rings is 1. The van der Waals surface area contributed by atoms with Gasteiger partial charge in [0.05, 0.1) is 11.8 Å². The Balaban J connectivity index is 1.62. The van der Waals surface area contributed by atoms with E-state index < -0.39 is 11.6 Å². The highest BCUT2D eigenvalue weighted by Gasteiger charge is 2.28. The van der Waals surface area contributed by atoms with Crippen molar-refractivity contribution in [1.82, 2.24) is 19.9 Å². The lowest BCUT2D eigenvalue weighted by molar-refractivity contribution is 0.00393. The molecule has 5 rings (SSSR count). The SMILES string of the molecule is Cc1cc([C@H]2C[C@@H](c3nc(-c4ccc(F)cc4F)c4cc(C)c(C)nc4n3)CCO2)ccn1. The van der Waals surface area contributed by atoms with Gasteiger partial charge in [-0.15, -0.1) is 0 Å². The van der Waals surface area contributed by atoms with Gasteiger partial charge in [-0.3, -0.25) is 4.98 Å². The summed E-state index contributed by atoms with van der Waals surface area (Å²) >= 11 is 0. The van der Waals surface area contributed by atoms with Crippen molar-refractivity contribution < 1.29 is 13.5 Å². The van der Waals surface area contributed by atoms with Crippen LogP contribution in [0.1, 0.15) is 53.2 Å². The normalized spacial score (nSPS) is 18.6. The molecular weight excluding hydrogens is 422 g/mol. The van der Waals surface area contributed by atoms with E-state index in [9.17, 15) is 8.78 Å². The molecule has 1 saturated heterocycles. The standard InChI is InChI=1S/C26H24F2N4O/c1-14-10-21-24(20-5-4-19(27)13-22(20)28)31-25(32-26(21)30-16(14)3)18-7-9-33-23(12-18)17-6-8-29-15(2)11-17/h4-6,8,10-11,13,18,23H,7,9,12H2,1-3H3/t18-,23+/m0/s1. The molecule has 0 spiro atoms. The van der Waals surface area contributed by atoms with Gasteiger partial charge in [-0.1, -0.05) is 0 Å². The number of aryl methyl sites for hydroxylation is 3. The highest BCUT2D eigenvalue weighted by Crippen LogP contribution is 2.38. The van der Waals surface area contributed by atoms with Gasteiger partial charge in [0, 0.05) is 47.1 Å². The predicted octanol–water partition coefficient (Wildman–Crippen LogP) is 5.93. The van der Waals surface area contributed by atoms with E-state index >= 15 is 0 Å². The second-order valence-electron chi connectivity index (χ2n) is 8.63. The molecule has 1 aliphatic heterocycles. The molecule has 0 amide bonds. The third-order valence-electron chi connectivity index (χ3n) is 6.28. The minimum atomic E-state index is -0.656. The molecule has 33 heavy (non-hydrogen) atoms. The van der Waals surface area contributed by atoms with Crippen molar-refractivity contribution in [2.45, 2.75) is 45.6 Å². The van der Waals surface area contributed by atoms with Crippen LogP contribution in [0.4, 0.5) is 8.78 Å². The van der Waals surface area contributed by atoms with Gasteiger partial charge < -0.3 is 4.74 Å². The number of fused-ring (bicyclic) bond motifs is 1. The summed E-state index contributed by atoms with van der Waals surface area (Å²) in [6, 6.07) is 9.48. The molecule has 5 nitrogen and oxygen atoms in total. The van der Waals surface area contributed by atoms with Crippen LogP contribution < -0.4 is 0 Å². The Labute approximate surface area is 190 Å². The summed E-state index contributed by atoms with van der Waals surface area (Å²) in [5.41, 5.74) is 5.02. The number of hydrogen-bond donors (Lipinski definition) is 0. The molecule has 0 unspecified atom stereocenters. The van der Waals surface area contributed by atoms with Crippen molar-refractivity contribution >= 4 is 11.0 Å². The average molecular weight is 447 g/mol. The smallest absolute Gasteiger partial charge is 0.163 e. The van der Waals surface area contributed by atoms with E-state index in [1.807, 2.05) is 39.0 Å². The van der Waals surface area contributed by atoms with Crippen LogP contribution in [0.2, 0.25) is 0 Å². The number of rotatable bonds is 3. The highest BCUT2D eigenvalue weighted by atomic mass is 19.1. The third-order valence-corrected chi connectivity index (χ3v) is 6.28. The number of pyridine rings is 2. The molecule has 3 aromatic heterocycles. The minimum Gasteiger partial charge on any atom is -0.373 e. The van der Waals surface area contributed by atoms with Crippen LogP contribution in [-0.4, -0.2) is 26.5 Å². The van der Waals surface area contributed by atoms with E-state index in [-0.39, 0.29) is 17.6 Å². The summed E-state index contributed by atoms with van der Waals surface area (Å²) in [6.07, 6.45) is 3.14. The van der Waals surface area contributed by atoms with Crippen LogP contribution in [0, 0.1) is 32.4 Å². The first kappa shape index (κ1) is 21.5. The monoisotopic (exact) mass is 446 g/mol. The maximum atomic E-state index is 14.8. The lowest BCUT2D eigenvalue weighted by Gasteiger charge is -2.29. The molecule has 0 N–H and O–H groups in total. The van der Waals surface area contributed by atoms with Gasteiger partial charge in [-0.25, -0.2) is 23.7 Å². The maximum absolute atomic E-state index is 14.8. The topological polar surface area (TPSA) is 60.8 Å². The fourth-order valence-corrected chi connectivity index (χ4v) is 4.36. The largest absolute Gasteiger partial charge is 0.373 e. The molecule has 4 heterocycles. The Kier molecular flexibility index (Phi) is 5.58. The Hall–Kier alpha value is -3.32. The number of halogens is 2. The fourth-order valence-electron chi connectivity index (χ4n) is 4.36. The molecule has 2 atom stereocenters. The molecule has 0 radical (unpaired) electrons. The van der Waals surface area contributed by atoms with E-state index in [4.69, 9.17) is 14.7 Å². The van der Waals surface area contributed by atoms with Gasteiger partial charge >= 0.3 is 0 Å². The van der Waals surface area contributed by atoms with Gasteiger partial charge in [-0.05, 0) is 75.1 Å².